The van der Waals surface area contributed by atoms with Gasteiger partial charge < -0.3 is 4.74 Å². The van der Waals surface area contributed by atoms with Crippen molar-refractivity contribution in [1.29, 1.82) is 0 Å². The Morgan fingerprint density at radius 3 is 2.37 bits per heavy atom. The lowest BCUT2D eigenvalue weighted by Crippen LogP contribution is -2.15. The molecule has 1 aliphatic rings. The summed E-state index contributed by atoms with van der Waals surface area (Å²) in [5.41, 5.74) is 0. The number of hydrogen-bond donors (Lipinski definition) is 0. The van der Waals surface area contributed by atoms with E-state index in [-0.39, 0.29) is 17.6 Å². The number of halogens is 1. The van der Waals surface area contributed by atoms with E-state index in [0.29, 0.717) is 6.61 Å². The highest BCUT2D eigenvalue weighted by Gasteiger charge is 2.17. The molecular weight excluding hydrogens is 332 g/mol. The molecule has 0 heterocycles. The van der Waals surface area contributed by atoms with Crippen molar-refractivity contribution in [3.63, 3.8) is 0 Å². The molecule has 6 heteroatoms. The molecule has 0 aliphatic heterocycles. The normalized spacial score (nSPS) is 16.9. The maximum atomic E-state index is 11.8. The van der Waals surface area contributed by atoms with Crippen LogP contribution in [0.3, 0.4) is 0 Å². The Bertz CT molecular complexity index is 492. The topological polar surface area (TPSA) is 52.6 Å². The van der Waals surface area contributed by atoms with Crippen molar-refractivity contribution in [2.24, 2.45) is 0 Å². The molecule has 106 valence electrons. The van der Waals surface area contributed by atoms with Crippen molar-refractivity contribution < 1.29 is 17.3 Å². The summed E-state index contributed by atoms with van der Waals surface area (Å²) in [7, 11) is -3.67. The Morgan fingerprint density at radius 2 is 1.74 bits per heavy atom. The second-order valence-electron chi connectivity index (χ2n) is 4.51. The minimum atomic E-state index is -3.67. The Hall–Kier alpha value is -0.430. The Morgan fingerprint density at radius 1 is 1.11 bits per heavy atom. The molecule has 1 aliphatic carbocycles. The van der Waals surface area contributed by atoms with Gasteiger partial charge in [0.2, 0.25) is 0 Å². The van der Waals surface area contributed by atoms with Crippen LogP contribution >= 0.6 is 15.9 Å². The van der Waals surface area contributed by atoms with Gasteiger partial charge in [0.15, 0.2) is 0 Å². The molecule has 4 nitrogen and oxygen atoms in total. The zero-order valence-electron chi connectivity index (χ0n) is 10.5. The Balaban J connectivity index is 1.79. The highest BCUT2D eigenvalue weighted by Crippen LogP contribution is 2.21. The van der Waals surface area contributed by atoms with Crippen molar-refractivity contribution in [2.45, 2.75) is 36.7 Å². The molecule has 0 saturated heterocycles. The fourth-order valence-corrected chi connectivity index (χ4v) is 3.24. The molecular formula is C13H17BrO4S. The van der Waals surface area contributed by atoms with Crippen molar-refractivity contribution in [2.75, 3.05) is 13.2 Å². The van der Waals surface area contributed by atoms with Gasteiger partial charge in [-0.1, -0.05) is 28.8 Å². The van der Waals surface area contributed by atoms with Crippen LogP contribution in [-0.2, 0) is 19.0 Å². The zero-order valence-corrected chi connectivity index (χ0v) is 13.0. The van der Waals surface area contributed by atoms with Crippen LogP contribution in [0.25, 0.3) is 0 Å². The third-order valence-electron chi connectivity index (χ3n) is 3.08. The maximum Gasteiger partial charge on any atom is 0.297 e. The van der Waals surface area contributed by atoms with Crippen LogP contribution < -0.4 is 0 Å². The molecule has 0 aromatic heterocycles. The Kier molecular flexibility index (Phi) is 5.38. The standard InChI is InChI=1S/C13H17BrO4S/c14-11-5-7-13(8-6-11)19(15,16)18-10-9-17-12-3-1-2-4-12/h5-8,12H,1-4,9-10H2. The monoisotopic (exact) mass is 348 g/mol. The van der Waals surface area contributed by atoms with Gasteiger partial charge in [0.25, 0.3) is 10.1 Å². The average Bonchev–Trinajstić information content (AvgIpc) is 2.88. The first-order valence-electron chi connectivity index (χ1n) is 6.34. The van der Waals surface area contributed by atoms with E-state index in [1.54, 1.807) is 12.1 Å². The first kappa shape index (κ1) is 15.0. The van der Waals surface area contributed by atoms with Crippen molar-refractivity contribution in [1.82, 2.24) is 0 Å². The molecule has 1 aromatic carbocycles. The highest BCUT2D eigenvalue weighted by molar-refractivity contribution is 9.10. The van der Waals surface area contributed by atoms with Crippen LogP contribution in [0.2, 0.25) is 0 Å². The third kappa shape index (κ3) is 4.56. The maximum absolute atomic E-state index is 11.8. The fraction of sp³-hybridized carbons (Fsp3) is 0.538. The van der Waals surface area contributed by atoms with E-state index in [4.69, 9.17) is 8.92 Å². The molecule has 0 N–H and O–H groups in total. The first-order valence-corrected chi connectivity index (χ1v) is 8.55. The summed E-state index contributed by atoms with van der Waals surface area (Å²) in [5, 5.41) is 0. The predicted molar refractivity (Wildman–Crippen MR) is 75.5 cm³/mol. The fourth-order valence-electron chi connectivity index (χ4n) is 2.08. The molecule has 0 unspecified atom stereocenters. The first-order chi connectivity index (χ1) is 9.08. The van der Waals surface area contributed by atoms with Crippen LogP contribution in [0.5, 0.6) is 0 Å². The van der Waals surface area contributed by atoms with Gasteiger partial charge in [-0.15, -0.1) is 0 Å². The van der Waals surface area contributed by atoms with Gasteiger partial charge >= 0.3 is 0 Å². The smallest absolute Gasteiger partial charge is 0.297 e. The van der Waals surface area contributed by atoms with Gasteiger partial charge in [-0.2, -0.15) is 8.42 Å². The number of hydrogen-bond acceptors (Lipinski definition) is 4. The number of benzene rings is 1. The van der Waals surface area contributed by atoms with Gasteiger partial charge in [-0.3, -0.25) is 4.18 Å². The minimum absolute atomic E-state index is 0.0644. The zero-order chi connectivity index (χ0) is 13.7. The van der Waals surface area contributed by atoms with Crippen molar-refractivity contribution in [3.05, 3.63) is 28.7 Å². The summed E-state index contributed by atoms with van der Waals surface area (Å²) < 4.78 is 35.0. The summed E-state index contributed by atoms with van der Waals surface area (Å²) >= 11 is 3.26. The molecule has 0 spiro atoms. The SMILES string of the molecule is O=S(=O)(OCCOC1CCCC1)c1ccc(Br)cc1. The van der Waals surface area contributed by atoms with E-state index in [2.05, 4.69) is 15.9 Å². The van der Waals surface area contributed by atoms with E-state index in [1.807, 2.05) is 0 Å². The molecule has 0 radical (unpaired) electrons. The molecule has 0 bridgehead atoms. The molecule has 19 heavy (non-hydrogen) atoms. The van der Waals surface area contributed by atoms with E-state index >= 15 is 0 Å². The molecule has 1 aromatic rings. The van der Waals surface area contributed by atoms with Crippen LogP contribution in [-0.4, -0.2) is 27.7 Å². The van der Waals surface area contributed by atoms with E-state index in [9.17, 15) is 8.42 Å². The van der Waals surface area contributed by atoms with Gasteiger partial charge in [0, 0.05) is 4.47 Å². The van der Waals surface area contributed by atoms with Crippen molar-refractivity contribution in [3.8, 4) is 0 Å². The van der Waals surface area contributed by atoms with E-state index < -0.39 is 10.1 Å². The lowest BCUT2D eigenvalue weighted by Gasteiger charge is -2.11. The summed E-state index contributed by atoms with van der Waals surface area (Å²) in [6.45, 7) is 0.384. The summed E-state index contributed by atoms with van der Waals surface area (Å²) in [5.74, 6) is 0. The minimum Gasteiger partial charge on any atom is -0.376 e. The number of rotatable bonds is 6. The summed E-state index contributed by atoms with van der Waals surface area (Å²) in [6.07, 6.45) is 4.81. The van der Waals surface area contributed by atoms with Crippen LogP contribution in [0.1, 0.15) is 25.7 Å². The summed E-state index contributed by atoms with van der Waals surface area (Å²) in [4.78, 5) is 0.163. The Labute approximate surface area is 122 Å². The van der Waals surface area contributed by atoms with Crippen LogP contribution in [0, 0.1) is 0 Å². The summed E-state index contributed by atoms with van der Waals surface area (Å²) in [6, 6.07) is 6.37. The van der Waals surface area contributed by atoms with Crippen LogP contribution in [0.4, 0.5) is 0 Å². The van der Waals surface area contributed by atoms with Gasteiger partial charge in [0.05, 0.1) is 24.2 Å². The lowest BCUT2D eigenvalue weighted by molar-refractivity contribution is 0.0393. The van der Waals surface area contributed by atoms with Gasteiger partial charge in [-0.05, 0) is 37.1 Å². The highest BCUT2D eigenvalue weighted by atomic mass is 79.9. The van der Waals surface area contributed by atoms with Crippen molar-refractivity contribution >= 4 is 26.0 Å². The quantitative estimate of drug-likeness (QED) is 0.585. The second-order valence-corrected chi connectivity index (χ2v) is 7.04. The molecule has 2 rings (SSSR count). The predicted octanol–water partition coefficient (Wildman–Crippen LogP) is 3.11. The van der Waals surface area contributed by atoms with Gasteiger partial charge in [-0.25, -0.2) is 0 Å². The second kappa shape index (κ2) is 6.83. The number of ether oxygens (including phenoxy) is 1. The molecule has 0 atom stereocenters. The van der Waals surface area contributed by atoms with Gasteiger partial charge in [0.1, 0.15) is 0 Å². The molecule has 0 amide bonds. The largest absolute Gasteiger partial charge is 0.376 e. The molecule has 1 fully saturated rings. The third-order valence-corrected chi connectivity index (χ3v) is 4.94. The molecule has 1 saturated carbocycles. The average molecular weight is 349 g/mol. The van der Waals surface area contributed by atoms with E-state index in [1.165, 1.54) is 25.0 Å². The van der Waals surface area contributed by atoms with Crippen LogP contribution in [0.15, 0.2) is 33.6 Å². The van der Waals surface area contributed by atoms with E-state index in [0.717, 1.165) is 17.3 Å². The lowest BCUT2D eigenvalue weighted by atomic mass is 10.3.